The van der Waals surface area contributed by atoms with Crippen LogP contribution in [-0.4, -0.2) is 48.3 Å². The third-order valence-corrected chi connectivity index (χ3v) is 5.58. The maximum absolute atomic E-state index is 13.5. The quantitative estimate of drug-likeness (QED) is 0.145. The summed E-state index contributed by atoms with van der Waals surface area (Å²) in [6.45, 7) is 10.9. The van der Waals surface area contributed by atoms with E-state index in [-0.39, 0.29) is 17.1 Å². The molecule has 0 aliphatic heterocycles. The summed E-state index contributed by atoms with van der Waals surface area (Å²) in [6.07, 6.45) is 1.53. The van der Waals surface area contributed by atoms with Gasteiger partial charge in [-0.05, 0) is 52.4 Å². The van der Waals surface area contributed by atoms with Crippen LogP contribution in [0.4, 0.5) is 22.0 Å². The van der Waals surface area contributed by atoms with Crippen molar-refractivity contribution >= 4 is 17.9 Å². The lowest BCUT2D eigenvalue weighted by molar-refractivity contribution is -0.216. The Morgan fingerprint density at radius 3 is 1.72 bits per heavy atom. The van der Waals surface area contributed by atoms with Crippen molar-refractivity contribution in [3.8, 4) is 0 Å². The average Bonchev–Trinajstić information content (AvgIpc) is 2.76. The number of alkyl halides is 5. The van der Waals surface area contributed by atoms with Gasteiger partial charge in [-0.25, -0.2) is 14.4 Å². The summed E-state index contributed by atoms with van der Waals surface area (Å²) < 4.78 is 75.9. The van der Waals surface area contributed by atoms with Crippen molar-refractivity contribution in [1.29, 1.82) is 0 Å². The highest BCUT2D eigenvalue weighted by atomic mass is 19.4. The molecule has 1 aliphatic rings. The van der Waals surface area contributed by atoms with Gasteiger partial charge in [-0.3, -0.25) is 0 Å². The topological polar surface area (TPSA) is 78.9 Å². The van der Waals surface area contributed by atoms with Gasteiger partial charge in [0.2, 0.25) is 0 Å². The van der Waals surface area contributed by atoms with E-state index in [9.17, 15) is 36.3 Å². The number of hydrogen-bond acceptors (Lipinski definition) is 6. The van der Waals surface area contributed by atoms with Gasteiger partial charge in [0.15, 0.2) is 12.7 Å². The Balaban J connectivity index is 0.000000696. The summed E-state index contributed by atoms with van der Waals surface area (Å²) in [5.74, 6) is -8.19. The summed E-state index contributed by atoms with van der Waals surface area (Å²) in [6, 6.07) is 0. The SMILES string of the molecule is C=C(C)C(=O)OC(CC)C(F)(F)C(=O)OCC(F)(F)F.C=C(C)C(=O)OC1(CC)CCCCCCC1. The highest BCUT2D eigenvalue weighted by molar-refractivity contribution is 5.88. The molecule has 11 heteroatoms. The zero-order chi connectivity index (χ0) is 28.2. The van der Waals surface area contributed by atoms with E-state index in [2.05, 4.69) is 29.6 Å². The summed E-state index contributed by atoms with van der Waals surface area (Å²) in [5, 5.41) is 0. The standard InChI is InChI=1S/C14H24O2.C11H13F5O4/c1-4-14(16-13(15)12(2)3)10-8-6-5-7-9-11-14;1-4-7(20-8(17)6(2)3)11(15,16)9(18)19-5-10(12,13)14/h2,4-11H2,1,3H3;7H,2,4-5H2,1,3H3. The minimum absolute atomic E-state index is 0.192. The minimum atomic E-state index is -4.93. The molecule has 1 atom stereocenters. The molecular weight excluding hydrogens is 491 g/mol. The van der Waals surface area contributed by atoms with Gasteiger partial charge in [0.05, 0.1) is 0 Å². The lowest BCUT2D eigenvalue weighted by Crippen LogP contribution is -2.45. The molecule has 1 aliphatic carbocycles. The van der Waals surface area contributed by atoms with Crippen LogP contribution in [0, 0.1) is 0 Å². The minimum Gasteiger partial charge on any atom is -0.456 e. The number of rotatable bonds is 9. The number of hydrogen-bond donors (Lipinski definition) is 0. The van der Waals surface area contributed by atoms with E-state index in [1.807, 2.05) is 0 Å². The highest BCUT2D eigenvalue weighted by Gasteiger charge is 2.51. The Kier molecular flexibility index (Phi) is 13.9. The first kappa shape index (κ1) is 33.5. The lowest BCUT2D eigenvalue weighted by Gasteiger charge is -2.34. The number of carbonyl (C=O) groups excluding carboxylic acids is 3. The van der Waals surface area contributed by atoms with E-state index < -0.39 is 43.2 Å². The normalized spacial score (nSPS) is 16.7. The predicted octanol–water partition coefficient (Wildman–Crippen LogP) is 6.62. The van der Waals surface area contributed by atoms with Crippen LogP contribution < -0.4 is 0 Å². The number of ether oxygens (including phenoxy) is 3. The van der Waals surface area contributed by atoms with Crippen LogP contribution >= 0.6 is 0 Å². The molecule has 0 heterocycles. The van der Waals surface area contributed by atoms with Crippen molar-refractivity contribution in [2.24, 2.45) is 0 Å². The lowest BCUT2D eigenvalue weighted by atomic mass is 9.85. The maximum Gasteiger partial charge on any atom is 0.422 e. The van der Waals surface area contributed by atoms with Crippen molar-refractivity contribution in [2.45, 2.75) is 109 Å². The van der Waals surface area contributed by atoms with Crippen molar-refractivity contribution in [3.05, 3.63) is 24.3 Å². The third kappa shape index (κ3) is 12.0. The summed E-state index contributed by atoms with van der Waals surface area (Å²) >= 11 is 0. The van der Waals surface area contributed by atoms with Crippen molar-refractivity contribution in [3.63, 3.8) is 0 Å². The molecule has 6 nitrogen and oxygen atoms in total. The highest BCUT2D eigenvalue weighted by Crippen LogP contribution is 2.33. The van der Waals surface area contributed by atoms with E-state index in [0.29, 0.717) is 5.57 Å². The molecule has 0 N–H and O–H groups in total. The zero-order valence-corrected chi connectivity index (χ0v) is 21.4. The Labute approximate surface area is 209 Å². The molecule has 0 aromatic rings. The van der Waals surface area contributed by atoms with Gasteiger partial charge in [0.25, 0.3) is 0 Å². The van der Waals surface area contributed by atoms with Crippen molar-refractivity contribution in [2.75, 3.05) is 6.61 Å². The second-order valence-electron chi connectivity index (χ2n) is 8.87. The molecule has 1 unspecified atom stereocenters. The van der Waals surface area contributed by atoms with Gasteiger partial charge in [0, 0.05) is 11.1 Å². The molecule has 1 saturated carbocycles. The molecule has 1 rings (SSSR count). The first-order chi connectivity index (χ1) is 16.5. The Morgan fingerprint density at radius 1 is 0.861 bits per heavy atom. The molecule has 0 saturated heterocycles. The Morgan fingerprint density at radius 2 is 1.33 bits per heavy atom. The molecule has 0 aromatic heterocycles. The smallest absolute Gasteiger partial charge is 0.422 e. The first-order valence-corrected chi connectivity index (χ1v) is 11.9. The van der Waals surface area contributed by atoms with E-state index >= 15 is 0 Å². The average molecular weight is 529 g/mol. The molecule has 0 amide bonds. The fourth-order valence-corrected chi connectivity index (χ4v) is 3.38. The van der Waals surface area contributed by atoms with Gasteiger partial charge in [-0.15, -0.1) is 0 Å². The first-order valence-electron chi connectivity index (χ1n) is 11.9. The molecule has 0 spiro atoms. The molecular formula is C25H37F5O6. The van der Waals surface area contributed by atoms with E-state index in [4.69, 9.17) is 4.74 Å². The van der Waals surface area contributed by atoms with Crippen LogP contribution in [0.15, 0.2) is 24.3 Å². The van der Waals surface area contributed by atoms with Crippen LogP contribution in [0.5, 0.6) is 0 Å². The van der Waals surface area contributed by atoms with E-state index in [1.54, 1.807) is 6.92 Å². The summed E-state index contributed by atoms with van der Waals surface area (Å²) in [7, 11) is 0. The van der Waals surface area contributed by atoms with Gasteiger partial charge in [-0.2, -0.15) is 22.0 Å². The molecule has 208 valence electrons. The molecule has 36 heavy (non-hydrogen) atoms. The monoisotopic (exact) mass is 528 g/mol. The Bertz CT molecular complexity index is 767. The third-order valence-electron chi connectivity index (χ3n) is 5.58. The second-order valence-corrected chi connectivity index (χ2v) is 8.87. The number of carbonyl (C=O) groups is 3. The largest absolute Gasteiger partial charge is 0.456 e. The van der Waals surface area contributed by atoms with Crippen LogP contribution in [0.25, 0.3) is 0 Å². The van der Waals surface area contributed by atoms with Crippen molar-refractivity contribution < 1.29 is 50.5 Å². The van der Waals surface area contributed by atoms with Gasteiger partial charge >= 0.3 is 30.0 Å². The van der Waals surface area contributed by atoms with Gasteiger partial charge < -0.3 is 14.2 Å². The van der Waals surface area contributed by atoms with Gasteiger partial charge in [-0.1, -0.05) is 46.3 Å². The summed E-state index contributed by atoms with van der Waals surface area (Å²) in [5.41, 5.74) is 0.106. The van der Waals surface area contributed by atoms with Gasteiger partial charge in [0.1, 0.15) is 5.60 Å². The van der Waals surface area contributed by atoms with Crippen LogP contribution in [0.3, 0.4) is 0 Å². The van der Waals surface area contributed by atoms with Crippen LogP contribution in [-0.2, 0) is 28.6 Å². The summed E-state index contributed by atoms with van der Waals surface area (Å²) in [4.78, 5) is 33.7. The second kappa shape index (κ2) is 14.9. The molecule has 0 bridgehead atoms. The zero-order valence-electron chi connectivity index (χ0n) is 21.4. The Hall–Kier alpha value is -2.46. The molecule has 0 radical (unpaired) electrons. The fourth-order valence-electron chi connectivity index (χ4n) is 3.38. The van der Waals surface area contributed by atoms with Crippen molar-refractivity contribution in [1.82, 2.24) is 0 Å². The van der Waals surface area contributed by atoms with E-state index in [1.165, 1.54) is 46.0 Å². The van der Waals surface area contributed by atoms with E-state index in [0.717, 1.165) is 19.3 Å². The molecule has 1 fully saturated rings. The fraction of sp³-hybridized carbons (Fsp3) is 0.720. The number of halogens is 5. The number of esters is 3. The van der Waals surface area contributed by atoms with Crippen LogP contribution in [0.2, 0.25) is 0 Å². The maximum atomic E-state index is 13.5. The predicted molar refractivity (Wildman–Crippen MR) is 123 cm³/mol. The molecule has 0 aromatic carbocycles. The van der Waals surface area contributed by atoms with Crippen LogP contribution in [0.1, 0.15) is 85.5 Å².